The first-order chi connectivity index (χ1) is 9.49. The van der Waals surface area contributed by atoms with Gasteiger partial charge in [0.2, 0.25) is 0 Å². The fraction of sp³-hybridized carbons (Fsp3) is 0.462. The summed E-state index contributed by atoms with van der Waals surface area (Å²) >= 11 is 3.26. The molecule has 0 saturated heterocycles. The van der Waals surface area contributed by atoms with Crippen LogP contribution in [0.4, 0.5) is 10.1 Å². The summed E-state index contributed by atoms with van der Waals surface area (Å²) in [7, 11) is 0. The lowest BCUT2D eigenvalue weighted by molar-refractivity contribution is -0.385. The minimum Gasteiger partial charge on any atom is -0.338 e. The zero-order chi connectivity index (χ0) is 15.1. The molecule has 0 aliphatic heterocycles. The van der Waals surface area contributed by atoms with Crippen LogP contribution in [0.1, 0.15) is 30.1 Å². The fourth-order valence-electron chi connectivity index (χ4n) is 1.75. The topological polar surface area (TPSA) is 63.5 Å². The molecule has 1 amide bonds. The first-order valence-electron chi connectivity index (χ1n) is 6.29. The highest BCUT2D eigenvalue weighted by Gasteiger charge is 2.19. The zero-order valence-corrected chi connectivity index (χ0v) is 12.7. The summed E-state index contributed by atoms with van der Waals surface area (Å²) in [5.41, 5.74) is -0.406. The molecule has 0 bridgehead atoms. The third-order valence-corrected chi connectivity index (χ3v) is 3.12. The number of nitro groups is 1. The molecule has 0 fully saturated rings. The number of nitrogens with zero attached hydrogens (tertiary/aromatic N) is 2. The molecular formula is C13H16BrFN2O3. The van der Waals surface area contributed by atoms with E-state index in [1.54, 1.807) is 4.90 Å². The molecule has 0 aromatic heterocycles. The Morgan fingerprint density at radius 1 is 1.40 bits per heavy atom. The van der Waals surface area contributed by atoms with Crippen molar-refractivity contribution in [1.82, 2.24) is 4.90 Å². The van der Waals surface area contributed by atoms with Crippen LogP contribution in [0.2, 0.25) is 0 Å². The predicted octanol–water partition coefficient (Wildman–Crippen LogP) is 3.37. The molecule has 0 N–H and O–H groups in total. The van der Waals surface area contributed by atoms with Crippen molar-refractivity contribution in [2.75, 3.05) is 18.4 Å². The third kappa shape index (κ3) is 4.56. The molecule has 0 heterocycles. The number of carbonyl (C=O) groups excluding carboxylic acids is 1. The van der Waals surface area contributed by atoms with Crippen molar-refractivity contribution in [3.05, 3.63) is 39.7 Å². The number of hydrogen-bond acceptors (Lipinski definition) is 3. The zero-order valence-electron chi connectivity index (χ0n) is 11.1. The molecule has 0 unspecified atom stereocenters. The summed E-state index contributed by atoms with van der Waals surface area (Å²) < 4.78 is 13.4. The summed E-state index contributed by atoms with van der Waals surface area (Å²) in [4.78, 5) is 23.8. The minimum atomic E-state index is -0.781. The van der Waals surface area contributed by atoms with Crippen molar-refractivity contribution in [3.8, 4) is 0 Å². The first-order valence-corrected chi connectivity index (χ1v) is 7.42. The maximum atomic E-state index is 13.4. The molecule has 0 aliphatic rings. The van der Waals surface area contributed by atoms with Gasteiger partial charge >= 0.3 is 0 Å². The SMILES string of the molecule is CCCCN(CCBr)C(=O)c1cc(F)cc([N+](=O)[O-])c1. The monoisotopic (exact) mass is 346 g/mol. The Morgan fingerprint density at radius 2 is 2.10 bits per heavy atom. The smallest absolute Gasteiger partial charge is 0.273 e. The van der Waals surface area contributed by atoms with E-state index in [0.29, 0.717) is 18.4 Å². The summed E-state index contributed by atoms with van der Waals surface area (Å²) in [5.74, 6) is -1.17. The molecule has 5 nitrogen and oxygen atoms in total. The van der Waals surface area contributed by atoms with Gasteiger partial charge in [0.15, 0.2) is 0 Å². The largest absolute Gasteiger partial charge is 0.338 e. The maximum Gasteiger partial charge on any atom is 0.273 e. The van der Waals surface area contributed by atoms with E-state index in [0.717, 1.165) is 31.0 Å². The van der Waals surface area contributed by atoms with Crippen LogP contribution >= 0.6 is 15.9 Å². The fourth-order valence-corrected chi connectivity index (χ4v) is 2.18. The molecule has 0 aliphatic carbocycles. The number of nitro benzene ring substituents is 1. The first kappa shape index (κ1) is 16.6. The van der Waals surface area contributed by atoms with E-state index >= 15 is 0 Å². The van der Waals surface area contributed by atoms with Gasteiger partial charge in [0.25, 0.3) is 11.6 Å². The average molecular weight is 347 g/mol. The molecule has 1 aromatic rings. The molecule has 1 aromatic carbocycles. The van der Waals surface area contributed by atoms with Crippen LogP contribution in [-0.4, -0.2) is 34.2 Å². The van der Waals surface area contributed by atoms with Crippen LogP contribution in [0.25, 0.3) is 0 Å². The summed E-state index contributed by atoms with van der Waals surface area (Å²) in [6, 6.07) is 2.94. The second kappa shape index (κ2) is 7.94. The second-order valence-corrected chi connectivity index (χ2v) is 5.08. The van der Waals surface area contributed by atoms with Gasteiger partial charge in [-0.05, 0) is 12.5 Å². The van der Waals surface area contributed by atoms with Gasteiger partial charge in [-0.15, -0.1) is 0 Å². The summed E-state index contributed by atoms with van der Waals surface area (Å²) in [5, 5.41) is 11.3. The highest BCUT2D eigenvalue weighted by Crippen LogP contribution is 2.18. The average Bonchev–Trinajstić information content (AvgIpc) is 2.42. The molecule has 20 heavy (non-hydrogen) atoms. The normalized spacial score (nSPS) is 10.3. The van der Waals surface area contributed by atoms with Crippen LogP contribution in [-0.2, 0) is 0 Å². The van der Waals surface area contributed by atoms with Gasteiger partial charge in [-0.1, -0.05) is 29.3 Å². The molecule has 0 saturated carbocycles. The van der Waals surface area contributed by atoms with Gasteiger partial charge in [-0.25, -0.2) is 4.39 Å². The number of non-ortho nitro benzene ring substituents is 1. The second-order valence-electron chi connectivity index (χ2n) is 4.29. The van der Waals surface area contributed by atoms with Crippen molar-refractivity contribution in [1.29, 1.82) is 0 Å². The summed E-state index contributed by atoms with van der Waals surface area (Å²) in [6.45, 7) is 3.03. The van der Waals surface area contributed by atoms with E-state index in [1.807, 2.05) is 6.92 Å². The minimum absolute atomic E-state index is 0.00810. The molecule has 1 rings (SSSR count). The number of halogens is 2. The Hall–Kier alpha value is -1.50. The maximum absolute atomic E-state index is 13.4. The van der Waals surface area contributed by atoms with Gasteiger partial charge in [-0.3, -0.25) is 14.9 Å². The molecule has 0 radical (unpaired) electrons. The van der Waals surface area contributed by atoms with E-state index in [1.165, 1.54) is 0 Å². The van der Waals surface area contributed by atoms with Gasteiger partial charge in [0.1, 0.15) is 5.82 Å². The van der Waals surface area contributed by atoms with Crippen LogP contribution in [0, 0.1) is 15.9 Å². The van der Waals surface area contributed by atoms with Crippen LogP contribution < -0.4 is 0 Å². The van der Waals surface area contributed by atoms with Crippen LogP contribution in [0.3, 0.4) is 0 Å². The lowest BCUT2D eigenvalue weighted by Crippen LogP contribution is -2.33. The van der Waals surface area contributed by atoms with Gasteiger partial charge in [-0.2, -0.15) is 0 Å². The van der Waals surface area contributed by atoms with Crippen molar-refractivity contribution in [2.45, 2.75) is 19.8 Å². The lowest BCUT2D eigenvalue weighted by atomic mass is 10.1. The van der Waals surface area contributed by atoms with Crippen molar-refractivity contribution in [3.63, 3.8) is 0 Å². The number of rotatable bonds is 7. The lowest BCUT2D eigenvalue weighted by Gasteiger charge is -2.21. The number of carbonyl (C=O) groups is 1. The van der Waals surface area contributed by atoms with Crippen LogP contribution in [0.15, 0.2) is 18.2 Å². The number of unbranched alkanes of at least 4 members (excludes halogenated alkanes) is 1. The molecule has 110 valence electrons. The Balaban J connectivity index is 3.01. The Bertz CT molecular complexity index is 497. The Morgan fingerprint density at radius 3 is 2.65 bits per heavy atom. The van der Waals surface area contributed by atoms with E-state index < -0.39 is 16.4 Å². The Labute approximate surface area is 125 Å². The van der Waals surface area contributed by atoms with Crippen molar-refractivity contribution in [2.24, 2.45) is 0 Å². The molecule has 7 heteroatoms. The highest BCUT2D eigenvalue weighted by atomic mass is 79.9. The van der Waals surface area contributed by atoms with E-state index in [4.69, 9.17) is 0 Å². The van der Waals surface area contributed by atoms with E-state index in [2.05, 4.69) is 15.9 Å². The number of benzene rings is 1. The van der Waals surface area contributed by atoms with E-state index in [-0.39, 0.29) is 11.5 Å². The molecule has 0 atom stereocenters. The van der Waals surface area contributed by atoms with E-state index in [9.17, 15) is 19.3 Å². The van der Waals surface area contributed by atoms with Gasteiger partial charge in [0, 0.05) is 30.0 Å². The van der Waals surface area contributed by atoms with Crippen molar-refractivity contribution < 1.29 is 14.1 Å². The number of hydrogen-bond donors (Lipinski definition) is 0. The highest BCUT2D eigenvalue weighted by molar-refractivity contribution is 9.09. The predicted molar refractivity (Wildman–Crippen MR) is 77.7 cm³/mol. The van der Waals surface area contributed by atoms with Gasteiger partial charge < -0.3 is 4.90 Å². The molecule has 0 spiro atoms. The van der Waals surface area contributed by atoms with Gasteiger partial charge in [0.05, 0.1) is 11.0 Å². The van der Waals surface area contributed by atoms with Crippen LogP contribution in [0.5, 0.6) is 0 Å². The third-order valence-electron chi connectivity index (χ3n) is 2.76. The summed E-state index contributed by atoms with van der Waals surface area (Å²) in [6.07, 6.45) is 1.76. The standard InChI is InChI=1S/C13H16BrFN2O3/c1-2-3-5-16(6-4-14)13(18)10-7-11(15)9-12(8-10)17(19)20/h7-9H,2-6H2,1H3. The van der Waals surface area contributed by atoms with Crippen molar-refractivity contribution >= 4 is 27.5 Å². The Kier molecular flexibility index (Phi) is 6.57. The quantitative estimate of drug-likeness (QED) is 0.432. The number of alkyl halides is 1. The number of amides is 1. The molecular weight excluding hydrogens is 331 g/mol.